The number of amides is 1. The highest BCUT2D eigenvalue weighted by Crippen LogP contribution is 2.28. The molecular weight excluding hydrogens is 242 g/mol. The van der Waals surface area contributed by atoms with Crippen molar-refractivity contribution in [2.24, 2.45) is 5.73 Å². The number of carbonyl (C=O) groups excluding carboxylic acids is 1. The minimum atomic E-state index is -1.74. The maximum absolute atomic E-state index is 10.7. The highest BCUT2D eigenvalue weighted by Gasteiger charge is 2.25. The van der Waals surface area contributed by atoms with Gasteiger partial charge in [0.1, 0.15) is 11.5 Å². The first-order chi connectivity index (χ1) is 7.97. The van der Waals surface area contributed by atoms with E-state index < -0.39 is 18.1 Å². The molecule has 0 heterocycles. The number of aliphatic hydroxyl groups excluding tert-OH is 2. The number of benzene rings is 1. The maximum atomic E-state index is 10.7. The molecule has 0 aromatic heterocycles. The number of thioether (sulfide) groups is 1. The lowest BCUT2D eigenvalue weighted by molar-refractivity contribution is -0.131. The number of carbonyl (C=O) groups is 1. The molecule has 0 saturated carbocycles. The number of nitrogen functional groups attached to an aromatic ring is 1. The van der Waals surface area contributed by atoms with Crippen LogP contribution in [0.4, 0.5) is 5.69 Å². The molecular formula is C10H11N3O3S. The van der Waals surface area contributed by atoms with Crippen molar-refractivity contribution < 1.29 is 15.0 Å². The van der Waals surface area contributed by atoms with Gasteiger partial charge in [-0.05, 0) is 30.0 Å². The Hall–Kier alpha value is -1.75. The van der Waals surface area contributed by atoms with Gasteiger partial charge in [0.25, 0.3) is 0 Å². The zero-order valence-electron chi connectivity index (χ0n) is 8.70. The SMILES string of the molecule is N#CSc1ccc(N)c(C(O)C(O)C(N)=O)c1. The quantitative estimate of drug-likeness (QED) is 0.331. The normalized spacial score (nSPS) is 13.7. The molecule has 2 atom stereocenters. The summed E-state index contributed by atoms with van der Waals surface area (Å²) in [5.41, 5.74) is 10.9. The van der Waals surface area contributed by atoms with E-state index in [2.05, 4.69) is 0 Å². The van der Waals surface area contributed by atoms with Crippen LogP contribution >= 0.6 is 11.8 Å². The zero-order valence-corrected chi connectivity index (χ0v) is 9.52. The molecule has 0 fully saturated rings. The van der Waals surface area contributed by atoms with Crippen LogP contribution < -0.4 is 11.5 Å². The molecule has 6 nitrogen and oxygen atoms in total. The standard InChI is InChI=1S/C10H11N3O3S/c11-4-17-5-1-2-7(12)6(3-5)8(14)9(15)10(13)16/h1-3,8-9,14-15H,12H2,(H2,13,16). The molecule has 1 rings (SSSR count). The van der Waals surface area contributed by atoms with Crippen molar-refractivity contribution >= 4 is 23.4 Å². The van der Waals surface area contributed by atoms with Gasteiger partial charge < -0.3 is 21.7 Å². The molecule has 0 spiro atoms. The number of primary amides is 1. The van der Waals surface area contributed by atoms with Gasteiger partial charge in [0, 0.05) is 16.1 Å². The van der Waals surface area contributed by atoms with E-state index in [0.717, 1.165) is 11.8 Å². The first kappa shape index (κ1) is 13.3. The van der Waals surface area contributed by atoms with Gasteiger partial charge in [0.05, 0.1) is 0 Å². The van der Waals surface area contributed by atoms with Crippen molar-refractivity contribution in [2.45, 2.75) is 17.1 Å². The second-order valence-corrected chi connectivity index (χ2v) is 4.13. The Kier molecular flexibility index (Phi) is 4.34. The molecule has 90 valence electrons. The van der Waals surface area contributed by atoms with Gasteiger partial charge in [0.2, 0.25) is 5.91 Å². The van der Waals surface area contributed by atoms with E-state index in [0.29, 0.717) is 4.90 Å². The van der Waals surface area contributed by atoms with Crippen LogP contribution in [0.3, 0.4) is 0 Å². The fourth-order valence-electron chi connectivity index (χ4n) is 1.25. The summed E-state index contributed by atoms with van der Waals surface area (Å²) in [4.78, 5) is 11.3. The number of nitrogens with two attached hydrogens (primary N) is 2. The molecule has 1 amide bonds. The molecule has 7 heteroatoms. The van der Waals surface area contributed by atoms with Crippen molar-refractivity contribution in [3.63, 3.8) is 0 Å². The Morgan fingerprint density at radius 2 is 2.12 bits per heavy atom. The van der Waals surface area contributed by atoms with Crippen molar-refractivity contribution in [1.29, 1.82) is 5.26 Å². The number of rotatable bonds is 4. The Morgan fingerprint density at radius 3 is 2.65 bits per heavy atom. The van der Waals surface area contributed by atoms with Crippen LogP contribution in [0.15, 0.2) is 23.1 Å². The second-order valence-electron chi connectivity index (χ2n) is 3.28. The van der Waals surface area contributed by atoms with Crippen LogP contribution in [0.5, 0.6) is 0 Å². The van der Waals surface area contributed by atoms with Crippen LogP contribution in [-0.4, -0.2) is 22.2 Å². The minimum Gasteiger partial charge on any atom is -0.398 e. The average Bonchev–Trinajstić information content (AvgIpc) is 2.30. The largest absolute Gasteiger partial charge is 0.398 e. The number of hydrogen-bond acceptors (Lipinski definition) is 6. The summed E-state index contributed by atoms with van der Waals surface area (Å²) in [5, 5.41) is 29.4. The molecule has 17 heavy (non-hydrogen) atoms. The summed E-state index contributed by atoms with van der Waals surface area (Å²) in [7, 11) is 0. The fraction of sp³-hybridized carbons (Fsp3) is 0.200. The maximum Gasteiger partial charge on any atom is 0.249 e. The summed E-state index contributed by atoms with van der Waals surface area (Å²) in [6, 6.07) is 4.50. The zero-order chi connectivity index (χ0) is 13.0. The van der Waals surface area contributed by atoms with Crippen LogP contribution in [0.25, 0.3) is 0 Å². The number of anilines is 1. The van der Waals surface area contributed by atoms with Crippen molar-refractivity contribution in [3.05, 3.63) is 23.8 Å². The van der Waals surface area contributed by atoms with Gasteiger partial charge in [-0.15, -0.1) is 0 Å². The molecule has 2 unspecified atom stereocenters. The van der Waals surface area contributed by atoms with Crippen LogP contribution in [0, 0.1) is 10.7 Å². The van der Waals surface area contributed by atoms with E-state index in [-0.39, 0.29) is 11.3 Å². The monoisotopic (exact) mass is 253 g/mol. The third kappa shape index (κ3) is 3.10. The van der Waals surface area contributed by atoms with Gasteiger partial charge in [-0.2, -0.15) is 5.26 Å². The molecule has 0 radical (unpaired) electrons. The number of hydrogen-bond donors (Lipinski definition) is 4. The summed E-state index contributed by atoms with van der Waals surface area (Å²) >= 11 is 0.877. The Bertz CT molecular complexity index is 472. The molecule has 1 aromatic carbocycles. The van der Waals surface area contributed by atoms with Gasteiger partial charge in [-0.25, -0.2) is 0 Å². The number of nitriles is 1. The summed E-state index contributed by atoms with van der Waals surface area (Å²) in [5.74, 6) is -1.05. The van der Waals surface area contributed by atoms with E-state index in [9.17, 15) is 15.0 Å². The highest BCUT2D eigenvalue weighted by atomic mass is 32.2. The van der Waals surface area contributed by atoms with Crippen molar-refractivity contribution in [1.82, 2.24) is 0 Å². The molecule has 0 bridgehead atoms. The topological polar surface area (TPSA) is 133 Å². The first-order valence-electron chi connectivity index (χ1n) is 4.58. The van der Waals surface area contributed by atoms with Crippen molar-refractivity contribution in [3.8, 4) is 5.40 Å². The molecule has 6 N–H and O–H groups in total. The second kappa shape index (κ2) is 5.54. The smallest absolute Gasteiger partial charge is 0.249 e. The lowest BCUT2D eigenvalue weighted by Gasteiger charge is -2.17. The van der Waals surface area contributed by atoms with E-state index in [1.54, 1.807) is 6.07 Å². The summed E-state index contributed by atoms with van der Waals surface area (Å²) in [6.45, 7) is 0. The number of thiocyanates is 1. The molecule has 0 aliphatic heterocycles. The van der Waals surface area contributed by atoms with E-state index in [1.165, 1.54) is 12.1 Å². The predicted molar refractivity (Wildman–Crippen MR) is 62.5 cm³/mol. The van der Waals surface area contributed by atoms with Crippen LogP contribution in [-0.2, 0) is 4.79 Å². The Balaban J connectivity index is 3.08. The van der Waals surface area contributed by atoms with Gasteiger partial charge in [0.15, 0.2) is 6.10 Å². The number of nitrogens with zero attached hydrogens (tertiary/aromatic N) is 1. The van der Waals surface area contributed by atoms with E-state index in [4.69, 9.17) is 16.7 Å². The molecule has 0 aliphatic carbocycles. The molecule has 0 aliphatic rings. The van der Waals surface area contributed by atoms with Gasteiger partial charge in [-0.1, -0.05) is 0 Å². The first-order valence-corrected chi connectivity index (χ1v) is 5.39. The van der Waals surface area contributed by atoms with E-state index in [1.807, 2.05) is 5.40 Å². The van der Waals surface area contributed by atoms with Crippen molar-refractivity contribution in [2.75, 3.05) is 5.73 Å². The average molecular weight is 253 g/mol. The summed E-state index contributed by atoms with van der Waals surface area (Å²) < 4.78 is 0. The molecule has 0 saturated heterocycles. The number of aliphatic hydroxyl groups is 2. The minimum absolute atomic E-state index is 0.163. The predicted octanol–water partition coefficient (Wildman–Crippen LogP) is -0.278. The lowest BCUT2D eigenvalue weighted by Crippen LogP contribution is -2.34. The summed E-state index contributed by atoms with van der Waals surface area (Å²) in [6.07, 6.45) is -3.24. The van der Waals surface area contributed by atoms with E-state index >= 15 is 0 Å². The Labute approximate surface area is 102 Å². The third-order valence-corrected chi connectivity index (χ3v) is 2.71. The Morgan fingerprint density at radius 1 is 1.47 bits per heavy atom. The van der Waals surface area contributed by atoms with Crippen LogP contribution in [0.1, 0.15) is 11.7 Å². The van der Waals surface area contributed by atoms with Gasteiger partial charge in [-0.3, -0.25) is 4.79 Å². The lowest BCUT2D eigenvalue weighted by atomic mass is 10.0. The fourth-order valence-corrected chi connectivity index (χ4v) is 1.68. The van der Waals surface area contributed by atoms with Crippen LogP contribution in [0.2, 0.25) is 0 Å². The molecule has 1 aromatic rings. The third-order valence-electron chi connectivity index (χ3n) is 2.13. The highest BCUT2D eigenvalue weighted by molar-refractivity contribution is 8.03. The van der Waals surface area contributed by atoms with Gasteiger partial charge >= 0.3 is 0 Å².